The topological polar surface area (TPSA) is 119 Å². The first-order chi connectivity index (χ1) is 14.0. The number of carbonyl (C=O) groups excluding carboxylic acids is 2. The molecule has 0 spiro atoms. The van der Waals surface area contributed by atoms with E-state index >= 15 is 0 Å². The largest absolute Gasteiger partial charge is 0.461 e. The zero-order valence-corrected chi connectivity index (χ0v) is 18.8. The molecule has 164 valence electrons. The minimum atomic E-state index is -4.30. The van der Waals surface area contributed by atoms with Crippen molar-refractivity contribution in [3.8, 4) is 0 Å². The second kappa shape index (κ2) is 9.29. The Morgan fingerprint density at radius 3 is 2.20 bits per heavy atom. The average Bonchev–Trinajstić information content (AvgIpc) is 3.04. The summed E-state index contributed by atoms with van der Waals surface area (Å²) in [7, 11) is -2.88. The molecular weight excluding hydrogens is 408 g/mol. The van der Waals surface area contributed by atoms with Crippen LogP contribution in [0.2, 0.25) is 0 Å². The highest BCUT2D eigenvalue weighted by Gasteiger charge is 2.26. The third-order valence-corrected chi connectivity index (χ3v) is 5.66. The molecular formula is C20H28N4O5S. The van der Waals surface area contributed by atoms with Gasteiger partial charge in [-0.3, -0.25) is 4.68 Å². The molecule has 0 aliphatic carbocycles. The Balaban J connectivity index is 2.29. The first-order valence-electron chi connectivity index (χ1n) is 9.65. The predicted octanol–water partition coefficient (Wildman–Crippen LogP) is 3.35. The van der Waals surface area contributed by atoms with Crippen LogP contribution in [0.15, 0.2) is 29.3 Å². The van der Waals surface area contributed by atoms with Gasteiger partial charge in [-0.25, -0.2) is 14.3 Å². The minimum absolute atomic E-state index is 0.0371. The number of ether oxygens (including phenoxy) is 1. The molecule has 0 bridgehead atoms. The van der Waals surface area contributed by atoms with Crippen LogP contribution in [0.4, 0.5) is 10.5 Å². The van der Waals surface area contributed by atoms with Gasteiger partial charge in [-0.15, -0.1) is 0 Å². The fraction of sp³-hybridized carbons (Fsp3) is 0.450. The summed E-state index contributed by atoms with van der Waals surface area (Å²) < 4.78 is 33.2. The first kappa shape index (κ1) is 23.4. The van der Waals surface area contributed by atoms with E-state index in [4.69, 9.17) is 4.74 Å². The maximum absolute atomic E-state index is 12.6. The molecule has 30 heavy (non-hydrogen) atoms. The van der Waals surface area contributed by atoms with Crippen molar-refractivity contribution in [2.75, 3.05) is 11.9 Å². The lowest BCUT2D eigenvalue weighted by Crippen LogP contribution is -2.35. The van der Waals surface area contributed by atoms with Gasteiger partial charge in [0.05, 0.1) is 6.61 Å². The van der Waals surface area contributed by atoms with Gasteiger partial charge in [-0.2, -0.15) is 13.5 Å². The first-order valence-corrected chi connectivity index (χ1v) is 11.1. The molecule has 2 N–H and O–H groups in total. The molecule has 0 unspecified atom stereocenters. The van der Waals surface area contributed by atoms with E-state index < -0.39 is 27.0 Å². The maximum Gasteiger partial charge on any atom is 0.356 e. The lowest BCUT2D eigenvalue weighted by Gasteiger charge is -2.20. The smallest absolute Gasteiger partial charge is 0.356 e. The molecule has 9 nitrogen and oxygen atoms in total. The number of amides is 2. The van der Waals surface area contributed by atoms with Gasteiger partial charge in [0.2, 0.25) is 0 Å². The van der Waals surface area contributed by atoms with Crippen LogP contribution in [0.1, 0.15) is 68.1 Å². The van der Waals surface area contributed by atoms with Crippen molar-refractivity contribution in [3.05, 3.63) is 41.1 Å². The number of aromatic nitrogens is 2. The van der Waals surface area contributed by atoms with Crippen LogP contribution in [-0.4, -0.2) is 36.8 Å². The zero-order valence-electron chi connectivity index (χ0n) is 18.0. The lowest BCUT2D eigenvalue weighted by atomic mass is 9.93. The number of nitrogens with one attached hydrogen (secondary N) is 2. The summed E-state index contributed by atoms with van der Waals surface area (Å²) in [5.74, 6) is -0.456. The van der Waals surface area contributed by atoms with Crippen molar-refractivity contribution in [2.45, 2.75) is 51.5 Å². The molecule has 0 aliphatic rings. The summed E-state index contributed by atoms with van der Waals surface area (Å²) >= 11 is 0. The molecule has 2 rings (SSSR count). The number of esters is 1. The Labute approximate surface area is 176 Å². The number of nitrogens with zero attached hydrogens (tertiary/aromatic N) is 2. The van der Waals surface area contributed by atoms with E-state index in [1.54, 1.807) is 6.92 Å². The van der Waals surface area contributed by atoms with E-state index in [1.165, 1.54) is 7.05 Å². The van der Waals surface area contributed by atoms with E-state index in [0.29, 0.717) is 5.69 Å². The predicted molar refractivity (Wildman–Crippen MR) is 113 cm³/mol. The Morgan fingerprint density at radius 1 is 1.13 bits per heavy atom. The van der Waals surface area contributed by atoms with Gasteiger partial charge in [0, 0.05) is 18.8 Å². The number of hydrogen-bond acceptors (Lipinski definition) is 6. The zero-order chi connectivity index (χ0) is 22.6. The molecule has 2 amide bonds. The van der Waals surface area contributed by atoms with Crippen LogP contribution in [-0.2, 0) is 21.8 Å². The number of rotatable bonds is 7. The molecule has 2 aromatic rings. The SMILES string of the molecule is CCOC(=O)c1cc(S(=O)(=O)NC(=O)Nc2c(C(C)C)cccc2C(C)C)nn1C. The number of anilines is 1. The highest BCUT2D eigenvalue weighted by molar-refractivity contribution is 7.90. The van der Waals surface area contributed by atoms with Gasteiger partial charge < -0.3 is 10.1 Å². The molecule has 1 aromatic heterocycles. The normalized spacial score (nSPS) is 11.6. The Kier molecular flexibility index (Phi) is 7.25. The number of para-hydroxylation sites is 1. The number of urea groups is 1. The van der Waals surface area contributed by atoms with Crippen molar-refractivity contribution in [3.63, 3.8) is 0 Å². The molecule has 1 heterocycles. The summed E-state index contributed by atoms with van der Waals surface area (Å²) in [6, 6.07) is 5.86. The van der Waals surface area contributed by atoms with Crippen LogP contribution >= 0.6 is 0 Å². The molecule has 0 aliphatic heterocycles. The summed E-state index contributed by atoms with van der Waals surface area (Å²) in [5.41, 5.74) is 2.35. The van der Waals surface area contributed by atoms with Crippen molar-refractivity contribution in [1.29, 1.82) is 0 Å². The van der Waals surface area contributed by atoms with Gasteiger partial charge in [0.15, 0.2) is 5.03 Å². The molecule has 0 radical (unpaired) electrons. The molecule has 0 saturated carbocycles. The summed E-state index contributed by atoms with van der Waals surface area (Å²) in [4.78, 5) is 24.4. The van der Waals surface area contributed by atoms with Gasteiger partial charge in [0.1, 0.15) is 5.69 Å². The third-order valence-electron chi connectivity index (χ3n) is 4.46. The van der Waals surface area contributed by atoms with E-state index in [-0.39, 0.29) is 24.1 Å². The number of benzene rings is 1. The van der Waals surface area contributed by atoms with Crippen molar-refractivity contribution >= 4 is 27.7 Å². The lowest BCUT2D eigenvalue weighted by molar-refractivity contribution is 0.0513. The summed E-state index contributed by atoms with van der Waals surface area (Å²) in [5, 5.41) is 6.05. The van der Waals surface area contributed by atoms with Gasteiger partial charge in [-0.05, 0) is 29.9 Å². The fourth-order valence-electron chi connectivity index (χ4n) is 2.98. The average molecular weight is 437 g/mol. The fourth-order valence-corrected chi connectivity index (χ4v) is 3.87. The van der Waals surface area contributed by atoms with Crippen LogP contribution in [0.5, 0.6) is 0 Å². The molecule has 0 fully saturated rings. The monoisotopic (exact) mass is 436 g/mol. The van der Waals surface area contributed by atoms with Crippen LogP contribution in [0, 0.1) is 0 Å². The number of hydrogen-bond donors (Lipinski definition) is 2. The quantitative estimate of drug-likeness (QED) is 0.642. The Morgan fingerprint density at radius 2 is 1.70 bits per heavy atom. The standard InChI is InChI=1S/C20H28N4O5S/c1-7-29-19(25)16-11-17(22-24(16)6)30(27,28)23-20(26)21-18-14(12(2)3)9-8-10-15(18)13(4)5/h8-13H,7H2,1-6H3,(H2,21,23,26). The Hall–Kier alpha value is -2.88. The van der Waals surface area contributed by atoms with Crippen molar-refractivity contribution in [1.82, 2.24) is 14.5 Å². The van der Waals surface area contributed by atoms with Crippen molar-refractivity contribution in [2.24, 2.45) is 7.05 Å². The van der Waals surface area contributed by atoms with Gasteiger partial charge in [0.25, 0.3) is 10.0 Å². The number of aryl methyl sites for hydroxylation is 1. The van der Waals surface area contributed by atoms with Gasteiger partial charge >= 0.3 is 12.0 Å². The van der Waals surface area contributed by atoms with Crippen LogP contribution in [0.3, 0.4) is 0 Å². The van der Waals surface area contributed by atoms with Crippen molar-refractivity contribution < 1.29 is 22.7 Å². The molecule has 10 heteroatoms. The minimum Gasteiger partial charge on any atom is -0.461 e. The molecule has 0 atom stereocenters. The highest BCUT2D eigenvalue weighted by atomic mass is 32.2. The Bertz CT molecular complexity index is 1020. The van der Waals surface area contributed by atoms with Gasteiger partial charge in [-0.1, -0.05) is 45.9 Å². The number of sulfonamides is 1. The summed E-state index contributed by atoms with van der Waals surface area (Å²) in [6.45, 7) is 9.74. The van der Waals surface area contributed by atoms with E-state index in [2.05, 4.69) is 10.4 Å². The summed E-state index contributed by atoms with van der Waals surface area (Å²) in [6.07, 6.45) is 0. The molecule has 1 aromatic carbocycles. The number of carbonyl (C=O) groups is 2. The molecule has 0 saturated heterocycles. The second-order valence-electron chi connectivity index (χ2n) is 7.39. The van der Waals surface area contributed by atoms with Crippen LogP contribution in [0.25, 0.3) is 0 Å². The highest BCUT2D eigenvalue weighted by Crippen LogP contribution is 2.32. The third kappa shape index (κ3) is 5.18. The van der Waals surface area contributed by atoms with E-state index in [1.807, 2.05) is 50.6 Å². The second-order valence-corrected chi connectivity index (χ2v) is 9.02. The maximum atomic E-state index is 12.6. The van der Waals surface area contributed by atoms with E-state index in [0.717, 1.165) is 21.9 Å². The van der Waals surface area contributed by atoms with E-state index in [9.17, 15) is 18.0 Å². The van der Waals surface area contributed by atoms with Crippen LogP contribution < -0.4 is 10.0 Å².